The minimum absolute atomic E-state index is 0.0920. The summed E-state index contributed by atoms with van der Waals surface area (Å²) in [6, 6.07) is -0.0920. The first-order valence-electron chi connectivity index (χ1n) is 6.47. The van der Waals surface area contributed by atoms with Gasteiger partial charge in [0, 0.05) is 25.7 Å². The summed E-state index contributed by atoms with van der Waals surface area (Å²) in [4.78, 5) is 0. The second-order valence-electron chi connectivity index (χ2n) is 5.11. The quantitative estimate of drug-likeness (QED) is 0.791. The van der Waals surface area contributed by atoms with Crippen LogP contribution >= 0.6 is 0 Å². The van der Waals surface area contributed by atoms with Crippen LogP contribution < -0.4 is 0 Å². The van der Waals surface area contributed by atoms with Crippen molar-refractivity contribution in [2.24, 2.45) is 0 Å². The molecule has 6 heteroatoms. The summed E-state index contributed by atoms with van der Waals surface area (Å²) in [7, 11) is -3.30. The van der Waals surface area contributed by atoms with Crippen LogP contribution in [0.4, 0.5) is 0 Å². The molecule has 2 atom stereocenters. The molecule has 2 saturated heterocycles. The Kier molecular flexibility index (Phi) is 4.07. The lowest BCUT2D eigenvalue weighted by Crippen LogP contribution is -2.52. The van der Waals surface area contributed by atoms with Gasteiger partial charge in [0.1, 0.15) is 0 Å². The molecule has 5 nitrogen and oxygen atoms in total. The van der Waals surface area contributed by atoms with Gasteiger partial charge in [0.25, 0.3) is 10.2 Å². The van der Waals surface area contributed by atoms with Crippen molar-refractivity contribution in [2.45, 2.75) is 51.2 Å². The van der Waals surface area contributed by atoms with Gasteiger partial charge in [-0.05, 0) is 32.6 Å². The molecule has 2 fully saturated rings. The number of aliphatic hydroxyl groups excluding tert-OH is 1. The monoisotopic (exact) mass is 262 g/mol. The van der Waals surface area contributed by atoms with Crippen LogP contribution in [0.1, 0.15) is 39.0 Å². The lowest BCUT2D eigenvalue weighted by atomic mass is 10.0. The van der Waals surface area contributed by atoms with Gasteiger partial charge in [0.2, 0.25) is 0 Å². The largest absolute Gasteiger partial charge is 0.393 e. The molecule has 0 radical (unpaired) electrons. The number of nitrogens with zero attached hydrogens (tertiary/aromatic N) is 2. The molecule has 1 N–H and O–H groups in total. The van der Waals surface area contributed by atoms with Crippen LogP contribution in [0.15, 0.2) is 0 Å². The van der Waals surface area contributed by atoms with Crippen molar-refractivity contribution in [2.75, 3.05) is 19.6 Å². The van der Waals surface area contributed by atoms with E-state index in [0.717, 1.165) is 19.3 Å². The summed E-state index contributed by atoms with van der Waals surface area (Å²) in [5.74, 6) is 0. The van der Waals surface area contributed by atoms with E-state index in [2.05, 4.69) is 0 Å². The minimum atomic E-state index is -3.30. The Balaban J connectivity index is 2.08. The highest BCUT2D eigenvalue weighted by molar-refractivity contribution is 7.86. The van der Waals surface area contributed by atoms with Crippen molar-refractivity contribution in [3.05, 3.63) is 0 Å². The van der Waals surface area contributed by atoms with E-state index in [1.165, 1.54) is 0 Å². The predicted octanol–water partition coefficient (Wildman–Crippen LogP) is 0.562. The van der Waals surface area contributed by atoms with Crippen LogP contribution in [0.5, 0.6) is 0 Å². The third-order valence-corrected chi connectivity index (χ3v) is 5.88. The molecule has 0 aromatic heterocycles. The number of piperidine rings is 2. The molecule has 2 aliphatic heterocycles. The molecule has 2 rings (SSSR count). The average molecular weight is 262 g/mol. The van der Waals surface area contributed by atoms with Crippen LogP contribution in [-0.4, -0.2) is 53.9 Å². The molecule has 0 bridgehead atoms. The second-order valence-corrected chi connectivity index (χ2v) is 6.99. The van der Waals surface area contributed by atoms with Gasteiger partial charge in [-0.1, -0.05) is 6.42 Å². The van der Waals surface area contributed by atoms with Gasteiger partial charge >= 0.3 is 0 Å². The molecular weight excluding hydrogens is 240 g/mol. The third kappa shape index (κ3) is 2.81. The zero-order valence-corrected chi connectivity index (χ0v) is 11.2. The van der Waals surface area contributed by atoms with Crippen molar-refractivity contribution in [1.82, 2.24) is 8.61 Å². The fourth-order valence-corrected chi connectivity index (χ4v) is 4.61. The molecule has 0 aromatic rings. The lowest BCUT2D eigenvalue weighted by Gasteiger charge is -2.39. The molecule has 0 unspecified atom stereocenters. The first-order valence-corrected chi connectivity index (χ1v) is 7.86. The minimum Gasteiger partial charge on any atom is -0.393 e. The molecular formula is C11H22N2O3S. The van der Waals surface area contributed by atoms with Crippen LogP contribution in [0.2, 0.25) is 0 Å². The van der Waals surface area contributed by atoms with Gasteiger partial charge in [-0.3, -0.25) is 0 Å². The molecule has 17 heavy (non-hydrogen) atoms. The van der Waals surface area contributed by atoms with Gasteiger partial charge < -0.3 is 5.11 Å². The standard InChI is InChI=1S/C11H22N2O3S/c1-10-9-11(14)5-8-13(10)17(15,16)12-6-3-2-4-7-12/h10-11,14H,2-9H2,1H3/t10-,11+/m1/s1. The summed E-state index contributed by atoms with van der Waals surface area (Å²) < 4.78 is 28.0. The van der Waals surface area contributed by atoms with E-state index in [-0.39, 0.29) is 12.1 Å². The normalized spacial score (nSPS) is 33.8. The molecule has 0 aromatic carbocycles. The molecule has 0 amide bonds. The SMILES string of the molecule is C[C@@H]1C[C@@H](O)CCN1S(=O)(=O)N1CCCCC1. The van der Waals surface area contributed by atoms with Crippen molar-refractivity contribution >= 4 is 10.2 Å². The number of hydrogen-bond donors (Lipinski definition) is 1. The average Bonchev–Trinajstić information content (AvgIpc) is 2.29. The van der Waals surface area contributed by atoms with Gasteiger partial charge in [0.15, 0.2) is 0 Å². The summed E-state index contributed by atoms with van der Waals surface area (Å²) in [6.07, 6.45) is 3.80. The Morgan fingerprint density at radius 1 is 1.12 bits per heavy atom. The second kappa shape index (κ2) is 5.22. The highest BCUT2D eigenvalue weighted by Gasteiger charge is 2.36. The highest BCUT2D eigenvalue weighted by Crippen LogP contribution is 2.24. The summed E-state index contributed by atoms with van der Waals surface area (Å²) in [6.45, 7) is 3.62. The number of hydrogen-bond acceptors (Lipinski definition) is 3. The maximum Gasteiger partial charge on any atom is 0.282 e. The zero-order valence-electron chi connectivity index (χ0n) is 10.4. The molecule has 0 spiro atoms. The van der Waals surface area contributed by atoms with Crippen molar-refractivity contribution < 1.29 is 13.5 Å². The maximum atomic E-state index is 12.4. The van der Waals surface area contributed by atoms with E-state index >= 15 is 0 Å². The fourth-order valence-electron chi connectivity index (χ4n) is 2.71. The fraction of sp³-hybridized carbons (Fsp3) is 1.00. The Bertz CT molecular complexity index is 352. The summed E-state index contributed by atoms with van der Waals surface area (Å²) in [5, 5.41) is 9.54. The van der Waals surface area contributed by atoms with E-state index in [1.54, 1.807) is 8.61 Å². The Morgan fingerprint density at radius 2 is 1.76 bits per heavy atom. The van der Waals surface area contributed by atoms with E-state index in [0.29, 0.717) is 32.5 Å². The van der Waals surface area contributed by atoms with Crippen LogP contribution in [-0.2, 0) is 10.2 Å². The predicted molar refractivity (Wildman–Crippen MR) is 65.8 cm³/mol. The van der Waals surface area contributed by atoms with Crippen LogP contribution in [0.3, 0.4) is 0 Å². The maximum absolute atomic E-state index is 12.4. The Morgan fingerprint density at radius 3 is 2.35 bits per heavy atom. The molecule has 0 saturated carbocycles. The number of rotatable bonds is 2. The van der Waals surface area contributed by atoms with Crippen LogP contribution in [0, 0.1) is 0 Å². The third-order valence-electron chi connectivity index (χ3n) is 3.73. The molecule has 100 valence electrons. The first kappa shape index (κ1) is 13.3. The lowest BCUT2D eigenvalue weighted by molar-refractivity contribution is 0.0832. The highest BCUT2D eigenvalue weighted by atomic mass is 32.2. The first-order chi connectivity index (χ1) is 8.01. The van der Waals surface area contributed by atoms with Gasteiger partial charge in [-0.25, -0.2) is 0 Å². The van der Waals surface area contributed by atoms with Gasteiger partial charge in [-0.2, -0.15) is 17.0 Å². The van der Waals surface area contributed by atoms with Crippen molar-refractivity contribution in [3.8, 4) is 0 Å². The summed E-state index contributed by atoms with van der Waals surface area (Å²) >= 11 is 0. The van der Waals surface area contributed by atoms with E-state index in [4.69, 9.17) is 0 Å². The number of aliphatic hydroxyl groups is 1. The van der Waals surface area contributed by atoms with Crippen LogP contribution in [0.25, 0.3) is 0 Å². The molecule has 0 aliphatic carbocycles. The van der Waals surface area contributed by atoms with E-state index in [9.17, 15) is 13.5 Å². The molecule has 2 heterocycles. The Hall–Kier alpha value is -0.170. The van der Waals surface area contributed by atoms with Gasteiger partial charge in [0.05, 0.1) is 6.10 Å². The smallest absolute Gasteiger partial charge is 0.282 e. The van der Waals surface area contributed by atoms with E-state index in [1.807, 2.05) is 6.92 Å². The molecule has 2 aliphatic rings. The van der Waals surface area contributed by atoms with Crippen molar-refractivity contribution in [1.29, 1.82) is 0 Å². The Labute approximate surface area is 104 Å². The summed E-state index contributed by atoms with van der Waals surface area (Å²) in [5.41, 5.74) is 0. The van der Waals surface area contributed by atoms with Crippen molar-refractivity contribution in [3.63, 3.8) is 0 Å². The van der Waals surface area contributed by atoms with Gasteiger partial charge in [-0.15, -0.1) is 0 Å². The van der Waals surface area contributed by atoms with E-state index < -0.39 is 10.2 Å². The topological polar surface area (TPSA) is 60.9 Å². The zero-order chi connectivity index (χ0) is 12.5.